The van der Waals surface area contributed by atoms with Crippen molar-refractivity contribution in [2.45, 2.75) is 11.1 Å². The van der Waals surface area contributed by atoms with Crippen molar-refractivity contribution in [2.24, 2.45) is 0 Å². The maximum Gasteiger partial charge on any atom is 0.417 e. The average Bonchev–Trinajstić information content (AvgIpc) is 2.62. The van der Waals surface area contributed by atoms with Crippen molar-refractivity contribution < 1.29 is 21.6 Å². The first kappa shape index (κ1) is 17.6. The Morgan fingerprint density at radius 1 is 0.920 bits per heavy atom. The molecule has 0 radical (unpaired) electrons. The highest BCUT2D eigenvalue weighted by Gasteiger charge is 2.39. The van der Waals surface area contributed by atoms with Gasteiger partial charge >= 0.3 is 6.18 Å². The summed E-state index contributed by atoms with van der Waals surface area (Å²) in [5, 5.41) is 0. The summed E-state index contributed by atoms with van der Waals surface area (Å²) in [5.41, 5.74) is -1.15. The number of aromatic nitrogens is 2. The van der Waals surface area contributed by atoms with E-state index in [4.69, 9.17) is 0 Å². The quantitative estimate of drug-likeness (QED) is 0.825. The number of anilines is 1. The van der Waals surface area contributed by atoms with Crippen LogP contribution in [0.1, 0.15) is 5.56 Å². The molecule has 10 heteroatoms. The first-order chi connectivity index (χ1) is 11.8. The Kier molecular flexibility index (Phi) is 4.65. The standard InChI is InChI=1S/C15H15F3N4O2S/c16-15(17,18)12-4-1-2-5-13(12)25(23,24)22-10-8-21(9-11-22)14-19-6-3-7-20-14/h1-7H,8-11H2. The summed E-state index contributed by atoms with van der Waals surface area (Å²) < 4.78 is 65.8. The molecule has 1 saturated heterocycles. The van der Waals surface area contributed by atoms with E-state index in [1.165, 1.54) is 12.1 Å². The Morgan fingerprint density at radius 2 is 1.52 bits per heavy atom. The molecule has 2 heterocycles. The number of sulfonamides is 1. The molecule has 6 nitrogen and oxygen atoms in total. The Bertz CT molecular complexity index is 835. The number of hydrogen-bond acceptors (Lipinski definition) is 5. The number of benzene rings is 1. The first-order valence-corrected chi connectivity index (χ1v) is 8.92. The van der Waals surface area contributed by atoms with Gasteiger partial charge in [0.1, 0.15) is 0 Å². The lowest BCUT2D eigenvalue weighted by Gasteiger charge is -2.34. The molecule has 1 aliphatic heterocycles. The van der Waals surface area contributed by atoms with Crippen LogP contribution in [0.2, 0.25) is 0 Å². The van der Waals surface area contributed by atoms with Gasteiger partial charge in [0.25, 0.3) is 0 Å². The molecule has 0 atom stereocenters. The van der Waals surface area contributed by atoms with Crippen molar-refractivity contribution in [2.75, 3.05) is 31.1 Å². The Morgan fingerprint density at radius 3 is 2.12 bits per heavy atom. The minimum absolute atomic E-state index is 0.0623. The lowest BCUT2D eigenvalue weighted by atomic mass is 10.2. The molecule has 0 spiro atoms. The van der Waals surface area contributed by atoms with Crippen LogP contribution in [0.3, 0.4) is 0 Å². The molecule has 1 aliphatic rings. The van der Waals surface area contributed by atoms with Crippen molar-refractivity contribution in [3.05, 3.63) is 48.3 Å². The van der Waals surface area contributed by atoms with Gasteiger partial charge in [-0.2, -0.15) is 17.5 Å². The zero-order valence-corrected chi connectivity index (χ0v) is 13.8. The third-order valence-corrected chi connectivity index (χ3v) is 5.84. The number of halogens is 3. The zero-order chi connectivity index (χ0) is 18.1. The van der Waals surface area contributed by atoms with Crippen molar-refractivity contribution in [1.82, 2.24) is 14.3 Å². The highest BCUT2D eigenvalue weighted by Crippen LogP contribution is 2.35. The molecular formula is C15H15F3N4O2S. The molecule has 0 saturated carbocycles. The number of alkyl halides is 3. The van der Waals surface area contributed by atoms with Crippen molar-refractivity contribution >= 4 is 16.0 Å². The molecule has 0 aliphatic carbocycles. The molecule has 3 rings (SSSR count). The number of nitrogens with zero attached hydrogens (tertiary/aromatic N) is 4. The molecule has 1 aromatic heterocycles. The molecular weight excluding hydrogens is 357 g/mol. The van der Waals surface area contributed by atoms with E-state index in [1.54, 1.807) is 23.4 Å². The lowest BCUT2D eigenvalue weighted by Crippen LogP contribution is -2.49. The zero-order valence-electron chi connectivity index (χ0n) is 13.0. The van der Waals surface area contributed by atoms with Gasteiger partial charge in [0.2, 0.25) is 16.0 Å². The molecule has 25 heavy (non-hydrogen) atoms. The molecule has 0 bridgehead atoms. The molecule has 0 N–H and O–H groups in total. The van der Waals surface area contributed by atoms with E-state index in [2.05, 4.69) is 9.97 Å². The number of rotatable bonds is 3. The monoisotopic (exact) mass is 372 g/mol. The molecule has 1 aromatic carbocycles. The van der Waals surface area contributed by atoms with Crippen LogP contribution in [0.15, 0.2) is 47.6 Å². The SMILES string of the molecule is O=S(=O)(c1ccccc1C(F)(F)F)N1CCN(c2ncccn2)CC1. The predicted octanol–water partition coefficient (Wildman–Crippen LogP) is 2.01. The third kappa shape index (κ3) is 3.59. The highest BCUT2D eigenvalue weighted by molar-refractivity contribution is 7.89. The summed E-state index contributed by atoms with van der Waals surface area (Å²) in [6, 6.07) is 5.90. The van der Waals surface area contributed by atoms with Crippen molar-refractivity contribution in [3.63, 3.8) is 0 Å². The summed E-state index contributed by atoms with van der Waals surface area (Å²) >= 11 is 0. The van der Waals surface area contributed by atoms with Crippen LogP contribution in [0.5, 0.6) is 0 Å². The van der Waals surface area contributed by atoms with E-state index in [-0.39, 0.29) is 13.1 Å². The fourth-order valence-corrected chi connectivity index (χ4v) is 4.28. The molecule has 1 fully saturated rings. The minimum Gasteiger partial charge on any atom is -0.338 e. The van der Waals surface area contributed by atoms with Gasteiger partial charge in [-0.3, -0.25) is 0 Å². The molecule has 2 aromatic rings. The maximum atomic E-state index is 13.1. The second-order valence-corrected chi connectivity index (χ2v) is 7.34. The van der Waals surface area contributed by atoms with Crippen molar-refractivity contribution in [3.8, 4) is 0 Å². The van der Waals surface area contributed by atoms with E-state index in [1.807, 2.05) is 0 Å². The van der Waals surface area contributed by atoms with E-state index < -0.39 is 26.7 Å². The summed E-state index contributed by atoms with van der Waals surface area (Å²) in [6.45, 7) is 0.731. The first-order valence-electron chi connectivity index (χ1n) is 7.48. The largest absolute Gasteiger partial charge is 0.417 e. The van der Waals surface area contributed by atoms with Gasteiger partial charge in [-0.05, 0) is 18.2 Å². The van der Waals surface area contributed by atoms with E-state index in [0.717, 1.165) is 16.4 Å². The topological polar surface area (TPSA) is 66.4 Å². The third-order valence-electron chi connectivity index (χ3n) is 3.88. The Labute approximate surface area is 143 Å². The normalized spacial score (nSPS) is 16.8. The van der Waals surface area contributed by atoms with Gasteiger partial charge in [0, 0.05) is 38.6 Å². The maximum absolute atomic E-state index is 13.1. The summed E-state index contributed by atoms with van der Waals surface area (Å²) in [6.07, 6.45) is -1.58. The molecule has 134 valence electrons. The fraction of sp³-hybridized carbons (Fsp3) is 0.333. The number of piperazine rings is 1. The Balaban J connectivity index is 1.82. The van der Waals surface area contributed by atoms with Crippen LogP contribution in [0.4, 0.5) is 19.1 Å². The highest BCUT2D eigenvalue weighted by atomic mass is 32.2. The van der Waals surface area contributed by atoms with Gasteiger partial charge in [0.15, 0.2) is 0 Å². The summed E-state index contributed by atoms with van der Waals surface area (Å²) in [5.74, 6) is 0.468. The Hall–Kier alpha value is -2.20. The molecule has 0 amide bonds. The predicted molar refractivity (Wildman–Crippen MR) is 84.4 cm³/mol. The van der Waals surface area contributed by atoms with Gasteiger partial charge in [-0.25, -0.2) is 18.4 Å². The summed E-state index contributed by atoms with van der Waals surface area (Å²) in [7, 11) is -4.24. The van der Waals surface area contributed by atoms with Gasteiger partial charge < -0.3 is 4.90 Å². The van der Waals surface area contributed by atoms with E-state index in [9.17, 15) is 21.6 Å². The van der Waals surface area contributed by atoms with Crippen LogP contribution in [0, 0.1) is 0 Å². The van der Waals surface area contributed by atoms with Crippen LogP contribution in [-0.4, -0.2) is 48.9 Å². The van der Waals surface area contributed by atoms with Crippen molar-refractivity contribution in [1.29, 1.82) is 0 Å². The van der Waals surface area contributed by atoms with E-state index >= 15 is 0 Å². The lowest BCUT2D eigenvalue weighted by molar-refractivity contribution is -0.139. The van der Waals surface area contributed by atoms with Crippen LogP contribution >= 0.6 is 0 Å². The second kappa shape index (κ2) is 6.60. The van der Waals surface area contributed by atoms with E-state index in [0.29, 0.717) is 19.0 Å². The van der Waals surface area contributed by atoms with Gasteiger partial charge in [-0.1, -0.05) is 12.1 Å². The number of hydrogen-bond donors (Lipinski definition) is 0. The van der Waals surface area contributed by atoms with Gasteiger partial charge in [0.05, 0.1) is 10.5 Å². The second-order valence-electron chi connectivity index (χ2n) is 5.43. The van der Waals surface area contributed by atoms with Crippen LogP contribution in [-0.2, 0) is 16.2 Å². The van der Waals surface area contributed by atoms with Crippen LogP contribution < -0.4 is 4.90 Å². The van der Waals surface area contributed by atoms with Crippen LogP contribution in [0.25, 0.3) is 0 Å². The average molecular weight is 372 g/mol. The summed E-state index contributed by atoms with van der Waals surface area (Å²) in [4.78, 5) is 9.26. The van der Waals surface area contributed by atoms with Gasteiger partial charge in [-0.15, -0.1) is 0 Å². The fourth-order valence-electron chi connectivity index (χ4n) is 2.65. The molecule has 0 unspecified atom stereocenters. The minimum atomic E-state index is -4.73. The smallest absolute Gasteiger partial charge is 0.338 e.